The maximum absolute atomic E-state index is 12.7. The van der Waals surface area contributed by atoms with Crippen LogP contribution in [0.15, 0.2) is 48.5 Å². The number of carbonyl (C=O) groups excluding carboxylic acids is 2. The lowest BCUT2D eigenvalue weighted by atomic mass is 10.1. The van der Waals surface area contributed by atoms with E-state index in [0.29, 0.717) is 24.6 Å². The molecule has 2 amide bonds. The number of halogens is 1. The lowest BCUT2D eigenvalue weighted by molar-refractivity contribution is -0.126. The Morgan fingerprint density at radius 1 is 1.20 bits per heavy atom. The molecule has 0 radical (unpaired) electrons. The van der Waals surface area contributed by atoms with E-state index in [2.05, 4.69) is 5.32 Å². The van der Waals surface area contributed by atoms with Crippen molar-refractivity contribution in [3.63, 3.8) is 0 Å². The van der Waals surface area contributed by atoms with Gasteiger partial charge in [-0.2, -0.15) is 0 Å². The molecule has 1 aliphatic rings. The summed E-state index contributed by atoms with van der Waals surface area (Å²) < 4.78 is 5.67. The van der Waals surface area contributed by atoms with Crippen LogP contribution >= 0.6 is 11.6 Å². The summed E-state index contributed by atoms with van der Waals surface area (Å²) in [6.45, 7) is 2.43. The Kier molecular flexibility index (Phi) is 5.24. The highest BCUT2D eigenvalue weighted by Crippen LogP contribution is 2.35. The topological polar surface area (TPSA) is 58.6 Å². The normalized spacial score (nSPS) is 15.8. The second-order valence-corrected chi connectivity index (χ2v) is 6.27. The van der Waals surface area contributed by atoms with E-state index in [9.17, 15) is 9.59 Å². The van der Waals surface area contributed by atoms with Crippen LogP contribution < -0.4 is 15.0 Å². The summed E-state index contributed by atoms with van der Waals surface area (Å²) >= 11 is 5.84. The first-order valence-corrected chi connectivity index (χ1v) is 8.50. The van der Waals surface area contributed by atoms with E-state index in [1.807, 2.05) is 36.4 Å². The molecule has 1 atom stereocenters. The molecule has 0 saturated carbocycles. The maximum Gasteiger partial charge on any atom is 0.254 e. The van der Waals surface area contributed by atoms with Gasteiger partial charge in [0, 0.05) is 29.7 Å². The molecule has 0 saturated heterocycles. The Balaban J connectivity index is 1.61. The van der Waals surface area contributed by atoms with Crippen molar-refractivity contribution in [3.8, 4) is 5.75 Å². The molecule has 1 aliphatic heterocycles. The van der Waals surface area contributed by atoms with Crippen LogP contribution in [0, 0.1) is 0 Å². The minimum atomic E-state index is -0.606. The number of carbonyl (C=O) groups is 2. The van der Waals surface area contributed by atoms with E-state index >= 15 is 0 Å². The predicted molar refractivity (Wildman–Crippen MR) is 96.9 cm³/mol. The molecule has 3 rings (SSSR count). The van der Waals surface area contributed by atoms with Crippen molar-refractivity contribution in [1.82, 2.24) is 5.32 Å². The smallest absolute Gasteiger partial charge is 0.254 e. The van der Waals surface area contributed by atoms with E-state index in [1.165, 1.54) is 6.92 Å². The zero-order valence-electron chi connectivity index (χ0n) is 13.9. The number of hydrogen-bond donors (Lipinski definition) is 1. The van der Waals surface area contributed by atoms with Crippen LogP contribution in [0.1, 0.15) is 24.9 Å². The number of nitrogens with one attached hydrogen (secondary N) is 1. The quantitative estimate of drug-likeness (QED) is 0.806. The van der Waals surface area contributed by atoms with Gasteiger partial charge in [-0.1, -0.05) is 29.8 Å². The molecule has 130 valence electrons. The van der Waals surface area contributed by atoms with Crippen LogP contribution in [0.3, 0.4) is 0 Å². The Labute approximate surface area is 151 Å². The third-order valence-electron chi connectivity index (χ3n) is 4.01. The van der Waals surface area contributed by atoms with E-state index in [1.54, 1.807) is 17.0 Å². The van der Waals surface area contributed by atoms with Gasteiger partial charge in [-0.25, -0.2) is 0 Å². The number of fused-ring (bicyclic) bond motifs is 1. The summed E-state index contributed by atoms with van der Waals surface area (Å²) in [5.41, 5.74) is 1.68. The van der Waals surface area contributed by atoms with Crippen molar-refractivity contribution in [2.24, 2.45) is 0 Å². The zero-order valence-corrected chi connectivity index (χ0v) is 14.6. The molecule has 1 N–H and O–H groups in total. The summed E-state index contributed by atoms with van der Waals surface area (Å²) in [7, 11) is 0. The second-order valence-electron chi connectivity index (χ2n) is 5.84. The molecule has 0 bridgehead atoms. The van der Waals surface area contributed by atoms with Crippen molar-refractivity contribution in [2.45, 2.75) is 19.4 Å². The van der Waals surface area contributed by atoms with Gasteiger partial charge in [-0.3, -0.25) is 9.59 Å². The maximum atomic E-state index is 12.7. The van der Waals surface area contributed by atoms with Crippen molar-refractivity contribution >= 4 is 29.1 Å². The fraction of sp³-hybridized carbons (Fsp3) is 0.263. The van der Waals surface area contributed by atoms with Crippen molar-refractivity contribution < 1.29 is 14.3 Å². The summed E-state index contributed by atoms with van der Waals surface area (Å²) in [4.78, 5) is 25.8. The zero-order chi connectivity index (χ0) is 17.8. The average molecular weight is 359 g/mol. The highest BCUT2D eigenvalue weighted by atomic mass is 35.5. The Bertz CT molecular complexity index is 776. The number of anilines is 1. The molecule has 0 spiro atoms. The van der Waals surface area contributed by atoms with Gasteiger partial charge in [0.15, 0.2) is 0 Å². The minimum Gasteiger partial charge on any atom is -0.494 e. The fourth-order valence-electron chi connectivity index (χ4n) is 2.90. The highest BCUT2D eigenvalue weighted by molar-refractivity contribution is 6.30. The van der Waals surface area contributed by atoms with Crippen molar-refractivity contribution in [3.05, 3.63) is 59.1 Å². The van der Waals surface area contributed by atoms with E-state index in [-0.39, 0.29) is 11.8 Å². The van der Waals surface area contributed by atoms with Crippen LogP contribution in [0.4, 0.5) is 5.69 Å². The number of ether oxygens (including phenoxy) is 1. The van der Waals surface area contributed by atoms with Gasteiger partial charge >= 0.3 is 0 Å². The molecular weight excluding hydrogens is 340 g/mol. The molecule has 2 aromatic carbocycles. The van der Waals surface area contributed by atoms with Crippen LogP contribution in [0.2, 0.25) is 5.02 Å². The molecule has 6 heteroatoms. The molecule has 0 aliphatic carbocycles. The van der Waals surface area contributed by atoms with Gasteiger partial charge in [-0.05, 0) is 36.8 Å². The first-order valence-electron chi connectivity index (χ1n) is 8.12. The van der Waals surface area contributed by atoms with Gasteiger partial charge in [0.2, 0.25) is 5.91 Å². The Hall–Kier alpha value is -2.53. The van der Waals surface area contributed by atoms with Crippen LogP contribution in [-0.4, -0.2) is 25.0 Å². The minimum absolute atomic E-state index is 0.108. The third kappa shape index (κ3) is 3.94. The van der Waals surface area contributed by atoms with Gasteiger partial charge in [0.05, 0.1) is 6.61 Å². The second kappa shape index (κ2) is 7.57. The van der Waals surface area contributed by atoms with E-state index in [4.69, 9.17) is 16.3 Å². The molecule has 5 nitrogen and oxygen atoms in total. The summed E-state index contributed by atoms with van der Waals surface area (Å²) in [6.07, 6.45) is 0.676. The third-order valence-corrected chi connectivity index (χ3v) is 4.26. The van der Waals surface area contributed by atoms with Gasteiger partial charge in [-0.15, -0.1) is 0 Å². The number of nitrogens with zero attached hydrogens (tertiary/aromatic N) is 1. The number of para-hydroxylation sites is 1. The van der Waals surface area contributed by atoms with Gasteiger partial charge < -0.3 is 15.0 Å². The first kappa shape index (κ1) is 17.3. The SMILES string of the molecule is CC(=O)N[C@H]1C(=O)N(CCCOc2ccc(Cl)cc2)c2ccccc21. The summed E-state index contributed by atoms with van der Waals surface area (Å²) in [5.74, 6) is 0.414. The predicted octanol–water partition coefficient (Wildman–Crippen LogP) is 3.33. The van der Waals surface area contributed by atoms with Gasteiger partial charge in [0.1, 0.15) is 11.8 Å². The molecule has 0 aromatic heterocycles. The fourth-order valence-corrected chi connectivity index (χ4v) is 3.03. The number of hydrogen-bond acceptors (Lipinski definition) is 3. The van der Waals surface area contributed by atoms with Crippen LogP contribution in [-0.2, 0) is 9.59 Å². The molecule has 2 aromatic rings. The van der Waals surface area contributed by atoms with Crippen molar-refractivity contribution in [1.29, 1.82) is 0 Å². The lowest BCUT2D eigenvalue weighted by Crippen LogP contribution is -2.37. The number of benzene rings is 2. The monoisotopic (exact) mass is 358 g/mol. The Morgan fingerprint density at radius 3 is 2.64 bits per heavy atom. The molecular formula is C19H19ClN2O3. The number of rotatable bonds is 6. The molecule has 0 unspecified atom stereocenters. The first-order chi connectivity index (χ1) is 12.1. The van der Waals surface area contributed by atoms with E-state index in [0.717, 1.165) is 17.0 Å². The average Bonchev–Trinajstić information content (AvgIpc) is 2.85. The van der Waals surface area contributed by atoms with Crippen LogP contribution in [0.25, 0.3) is 0 Å². The van der Waals surface area contributed by atoms with Crippen LogP contribution in [0.5, 0.6) is 5.75 Å². The molecule has 0 fully saturated rings. The largest absolute Gasteiger partial charge is 0.494 e. The Morgan fingerprint density at radius 2 is 1.92 bits per heavy atom. The molecule has 1 heterocycles. The number of amides is 2. The van der Waals surface area contributed by atoms with Gasteiger partial charge in [0.25, 0.3) is 5.91 Å². The lowest BCUT2D eigenvalue weighted by Gasteiger charge is -2.18. The standard InChI is InChI=1S/C19H19ClN2O3/c1-13(23)21-18-16-5-2-3-6-17(16)22(19(18)24)11-4-12-25-15-9-7-14(20)8-10-15/h2-3,5-10,18H,4,11-12H2,1H3,(H,21,23)/t18-/m1/s1. The summed E-state index contributed by atoms with van der Waals surface area (Å²) in [6, 6.07) is 14.1. The van der Waals surface area contributed by atoms with Crippen molar-refractivity contribution in [2.75, 3.05) is 18.1 Å². The van der Waals surface area contributed by atoms with E-state index < -0.39 is 6.04 Å². The molecule has 25 heavy (non-hydrogen) atoms. The highest BCUT2D eigenvalue weighted by Gasteiger charge is 2.37. The summed E-state index contributed by atoms with van der Waals surface area (Å²) in [5, 5.41) is 3.39.